The molecule has 0 aromatic rings. The molecular formula is C22H44N6O. The number of likely N-dealkylation sites (N-methyl/N-ethyl adjacent to an activating group) is 2. The number of hydrogen-bond donors (Lipinski definition) is 1. The van der Waals surface area contributed by atoms with Gasteiger partial charge in [0.1, 0.15) is 0 Å². The number of nitrogens with one attached hydrogen (secondary N) is 1. The van der Waals surface area contributed by atoms with Crippen molar-refractivity contribution in [2.24, 2.45) is 4.99 Å². The maximum absolute atomic E-state index is 12.6. The summed E-state index contributed by atoms with van der Waals surface area (Å²) < 4.78 is 0. The SMILES string of the molecule is CCNC(=NCC1(N2CCCCC2)CCN(C)CC1)N(C)CC(=O)N(CC)CC. The van der Waals surface area contributed by atoms with Gasteiger partial charge >= 0.3 is 0 Å². The number of carbonyl (C=O) groups excluding carboxylic acids is 1. The van der Waals surface area contributed by atoms with E-state index in [4.69, 9.17) is 4.99 Å². The Morgan fingerprint density at radius 2 is 1.66 bits per heavy atom. The number of likely N-dealkylation sites (tertiary alicyclic amines) is 2. The van der Waals surface area contributed by atoms with Crippen molar-refractivity contribution in [3.63, 3.8) is 0 Å². The Balaban J connectivity index is 2.12. The molecule has 7 heteroatoms. The van der Waals surface area contributed by atoms with E-state index in [1.165, 1.54) is 45.2 Å². The quantitative estimate of drug-likeness (QED) is 0.489. The third kappa shape index (κ3) is 6.57. The van der Waals surface area contributed by atoms with Crippen molar-refractivity contribution in [2.45, 2.75) is 58.4 Å². The third-order valence-corrected chi connectivity index (χ3v) is 6.65. The molecule has 0 spiro atoms. The number of guanidine groups is 1. The second kappa shape index (κ2) is 11.7. The first-order valence-corrected chi connectivity index (χ1v) is 11.7. The number of aliphatic imine (C=N–C) groups is 1. The predicted molar refractivity (Wildman–Crippen MR) is 121 cm³/mol. The van der Waals surface area contributed by atoms with Gasteiger partial charge in [-0.2, -0.15) is 0 Å². The van der Waals surface area contributed by atoms with E-state index in [1.807, 2.05) is 30.7 Å². The van der Waals surface area contributed by atoms with Gasteiger partial charge in [-0.05, 0) is 79.7 Å². The molecule has 2 saturated heterocycles. The topological polar surface area (TPSA) is 54.4 Å². The molecular weight excluding hydrogens is 364 g/mol. The Morgan fingerprint density at radius 3 is 2.21 bits per heavy atom. The van der Waals surface area contributed by atoms with Crippen molar-refractivity contribution in [1.82, 2.24) is 24.9 Å². The van der Waals surface area contributed by atoms with Crippen LogP contribution in [0.5, 0.6) is 0 Å². The number of hydrogen-bond acceptors (Lipinski definition) is 4. The van der Waals surface area contributed by atoms with Crippen LogP contribution in [-0.4, -0.2) is 110 Å². The number of piperidine rings is 2. The summed E-state index contributed by atoms with van der Waals surface area (Å²) in [6, 6.07) is 0. The van der Waals surface area contributed by atoms with Crippen LogP contribution >= 0.6 is 0 Å². The van der Waals surface area contributed by atoms with Crippen LogP contribution in [0.25, 0.3) is 0 Å². The Kier molecular flexibility index (Phi) is 9.69. The normalized spacial score (nSPS) is 21.1. The van der Waals surface area contributed by atoms with Gasteiger partial charge < -0.3 is 20.0 Å². The molecule has 0 radical (unpaired) electrons. The highest BCUT2D eigenvalue weighted by Crippen LogP contribution is 2.31. The minimum atomic E-state index is 0.160. The van der Waals surface area contributed by atoms with Gasteiger partial charge in [0.15, 0.2) is 5.96 Å². The van der Waals surface area contributed by atoms with Gasteiger partial charge in [0.25, 0.3) is 0 Å². The van der Waals surface area contributed by atoms with E-state index in [2.05, 4.69) is 29.1 Å². The summed E-state index contributed by atoms with van der Waals surface area (Å²) in [5.74, 6) is 1.01. The molecule has 2 heterocycles. The molecule has 168 valence electrons. The zero-order chi connectivity index (χ0) is 21.3. The third-order valence-electron chi connectivity index (χ3n) is 6.65. The fourth-order valence-corrected chi connectivity index (χ4v) is 4.62. The predicted octanol–water partition coefficient (Wildman–Crippen LogP) is 1.70. The van der Waals surface area contributed by atoms with Gasteiger partial charge in [-0.3, -0.25) is 14.7 Å². The standard InChI is InChI=1S/C22H44N6O/c1-6-23-21(26(5)18-20(29)27(7-2)8-3)24-19-22(12-16-25(4)17-13-22)28-14-10-9-11-15-28/h6-19H2,1-5H3,(H,23,24). The molecule has 0 aromatic heterocycles. The molecule has 29 heavy (non-hydrogen) atoms. The average Bonchev–Trinajstić information content (AvgIpc) is 2.74. The van der Waals surface area contributed by atoms with Crippen molar-refractivity contribution in [3.05, 3.63) is 0 Å². The van der Waals surface area contributed by atoms with E-state index in [-0.39, 0.29) is 11.4 Å². The summed E-state index contributed by atoms with van der Waals surface area (Å²) in [6.07, 6.45) is 6.32. The second-order valence-corrected chi connectivity index (χ2v) is 8.67. The number of nitrogens with zero attached hydrogens (tertiary/aromatic N) is 5. The lowest BCUT2D eigenvalue weighted by atomic mass is 9.84. The largest absolute Gasteiger partial charge is 0.357 e. The van der Waals surface area contributed by atoms with E-state index < -0.39 is 0 Å². The van der Waals surface area contributed by atoms with Gasteiger partial charge in [-0.1, -0.05) is 6.42 Å². The van der Waals surface area contributed by atoms with Crippen LogP contribution in [-0.2, 0) is 4.79 Å². The van der Waals surface area contributed by atoms with Gasteiger partial charge in [0, 0.05) is 32.2 Å². The average molecular weight is 409 g/mol. The molecule has 1 N–H and O–H groups in total. The number of carbonyl (C=O) groups is 1. The van der Waals surface area contributed by atoms with Crippen molar-refractivity contribution < 1.29 is 4.79 Å². The molecule has 2 rings (SSSR count). The first-order valence-electron chi connectivity index (χ1n) is 11.7. The Morgan fingerprint density at radius 1 is 1.03 bits per heavy atom. The van der Waals surface area contributed by atoms with Crippen LogP contribution in [0.2, 0.25) is 0 Å². The minimum absolute atomic E-state index is 0.160. The summed E-state index contributed by atoms with van der Waals surface area (Å²) in [6.45, 7) is 14.3. The smallest absolute Gasteiger partial charge is 0.242 e. The lowest BCUT2D eigenvalue weighted by molar-refractivity contribution is -0.131. The Hall–Kier alpha value is -1.34. The van der Waals surface area contributed by atoms with Gasteiger partial charge in [0.2, 0.25) is 5.91 Å². The van der Waals surface area contributed by atoms with Gasteiger partial charge in [-0.25, -0.2) is 0 Å². The zero-order valence-electron chi connectivity index (χ0n) is 19.5. The minimum Gasteiger partial charge on any atom is -0.357 e. The summed E-state index contributed by atoms with van der Waals surface area (Å²) in [5, 5.41) is 3.41. The lowest BCUT2D eigenvalue weighted by Gasteiger charge is -2.49. The maximum atomic E-state index is 12.6. The van der Waals surface area contributed by atoms with Crippen molar-refractivity contribution in [2.75, 3.05) is 73.0 Å². The molecule has 7 nitrogen and oxygen atoms in total. The molecule has 0 bridgehead atoms. The van der Waals surface area contributed by atoms with Gasteiger partial charge in [0.05, 0.1) is 13.1 Å². The fraction of sp³-hybridized carbons (Fsp3) is 0.909. The molecule has 0 saturated carbocycles. The molecule has 2 aliphatic rings. The highest BCUT2D eigenvalue weighted by molar-refractivity contribution is 5.86. The highest BCUT2D eigenvalue weighted by atomic mass is 16.2. The van der Waals surface area contributed by atoms with Crippen LogP contribution in [0, 0.1) is 0 Å². The van der Waals surface area contributed by atoms with Crippen molar-refractivity contribution in [3.8, 4) is 0 Å². The Labute approximate surface area is 178 Å². The van der Waals surface area contributed by atoms with E-state index in [0.717, 1.165) is 45.2 Å². The summed E-state index contributed by atoms with van der Waals surface area (Å²) in [5.41, 5.74) is 0.164. The van der Waals surface area contributed by atoms with Crippen LogP contribution in [0.1, 0.15) is 52.9 Å². The first kappa shape index (κ1) is 23.9. The van der Waals surface area contributed by atoms with Crippen LogP contribution in [0.4, 0.5) is 0 Å². The van der Waals surface area contributed by atoms with E-state index >= 15 is 0 Å². The number of amides is 1. The molecule has 0 atom stereocenters. The van der Waals surface area contributed by atoms with Crippen LogP contribution < -0.4 is 5.32 Å². The second-order valence-electron chi connectivity index (χ2n) is 8.67. The molecule has 0 unspecified atom stereocenters. The summed E-state index contributed by atoms with van der Waals surface area (Å²) in [4.78, 5) is 26.7. The maximum Gasteiger partial charge on any atom is 0.242 e. The zero-order valence-corrected chi connectivity index (χ0v) is 19.5. The van der Waals surface area contributed by atoms with Crippen LogP contribution in [0.3, 0.4) is 0 Å². The highest BCUT2D eigenvalue weighted by Gasteiger charge is 2.39. The van der Waals surface area contributed by atoms with Crippen molar-refractivity contribution in [1.29, 1.82) is 0 Å². The van der Waals surface area contributed by atoms with Crippen LogP contribution in [0.15, 0.2) is 4.99 Å². The molecule has 0 aromatic carbocycles. The monoisotopic (exact) mass is 408 g/mol. The first-order chi connectivity index (χ1) is 14.0. The Bertz CT molecular complexity index is 519. The van der Waals surface area contributed by atoms with E-state index in [0.29, 0.717) is 6.54 Å². The lowest BCUT2D eigenvalue weighted by Crippen LogP contribution is -2.58. The fourth-order valence-electron chi connectivity index (χ4n) is 4.62. The summed E-state index contributed by atoms with van der Waals surface area (Å²) >= 11 is 0. The molecule has 2 fully saturated rings. The van der Waals surface area contributed by atoms with Crippen molar-refractivity contribution >= 4 is 11.9 Å². The number of rotatable bonds is 8. The molecule has 0 aliphatic carbocycles. The summed E-state index contributed by atoms with van der Waals surface area (Å²) in [7, 11) is 4.20. The molecule has 2 aliphatic heterocycles. The van der Waals surface area contributed by atoms with Gasteiger partial charge in [-0.15, -0.1) is 0 Å². The van der Waals surface area contributed by atoms with E-state index in [9.17, 15) is 4.79 Å². The molecule has 1 amide bonds. The van der Waals surface area contributed by atoms with E-state index in [1.54, 1.807) is 0 Å².